The summed E-state index contributed by atoms with van der Waals surface area (Å²) in [6.07, 6.45) is 0. The highest BCUT2D eigenvalue weighted by Crippen LogP contribution is 2.41. The van der Waals surface area contributed by atoms with Gasteiger partial charge in [0.15, 0.2) is 10.3 Å². The molecule has 37 heavy (non-hydrogen) atoms. The lowest BCUT2D eigenvalue weighted by Crippen LogP contribution is -2.71. The molecule has 4 rings (SSSR count). The number of anilines is 1. The minimum atomic E-state index is -1.31. The molecule has 1 saturated heterocycles. The van der Waals surface area contributed by atoms with Crippen LogP contribution in [0.5, 0.6) is 5.88 Å². The fourth-order valence-electron chi connectivity index (χ4n) is 3.36. The summed E-state index contributed by atoms with van der Waals surface area (Å²) in [5.41, 5.74) is 4.62. The second kappa shape index (κ2) is 10.7. The van der Waals surface area contributed by atoms with Gasteiger partial charge in [-0.15, -0.1) is 16.9 Å². The summed E-state index contributed by atoms with van der Waals surface area (Å²) in [5, 5.41) is 28.8. The van der Waals surface area contributed by atoms with E-state index in [9.17, 15) is 29.4 Å². The van der Waals surface area contributed by atoms with E-state index in [2.05, 4.69) is 29.9 Å². The first-order valence-electron chi connectivity index (χ1n) is 10.4. The van der Waals surface area contributed by atoms with Crippen LogP contribution in [-0.4, -0.2) is 92.3 Å². The van der Waals surface area contributed by atoms with Crippen molar-refractivity contribution in [3.63, 3.8) is 0 Å². The average molecular weight is 570 g/mol. The number of nitrogens with two attached hydrogens (primary N) is 1. The van der Waals surface area contributed by atoms with Gasteiger partial charge in [-0.1, -0.05) is 16.9 Å². The molecule has 2 aliphatic rings. The molecule has 2 aliphatic heterocycles. The molecule has 0 aliphatic carbocycles. The van der Waals surface area contributed by atoms with E-state index in [-0.39, 0.29) is 45.6 Å². The summed E-state index contributed by atoms with van der Waals surface area (Å²) in [6.45, 7) is 1.83. The van der Waals surface area contributed by atoms with Crippen molar-refractivity contribution in [2.75, 3.05) is 23.8 Å². The number of nitrogens with zero attached hydrogens (tertiary/aromatic N) is 7. The molecule has 0 spiro atoms. The number of fused-ring (bicyclic) bond motifs is 1. The highest BCUT2D eigenvalue weighted by atomic mass is 32.2. The smallest absolute Gasteiger partial charge is 0.352 e. The minimum absolute atomic E-state index is 0.0643. The van der Waals surface area contributed by atoms with Gasteiger partial charge in [-0.05, 0) is 12.5 Å². The largest absolute Gasteiger partial charge is 0.488 e. The second-order valence-electron chi connectivity index (χ2n) is 7.37. The number of aryl methyl sites for hydroxylation is 1. The summed E-state index contributed by atoms with van der Waals surface area (Å²) in [5.74, 6) is -3.20. The SMILES string of the molecule is CCON=C(C(=O)NC1C(=O)N2C(C(=O)O)=C(CSc3nc(=O)c(O)nn3C)CS[C@@H]12)c1nsc(N)n1. The molecule has 1 fully saturated rings. The van der Waals surface area contributed by atoms with E-state index in [0.717, 1.165) is 28.2 Å². The Balaban J connectivity index is 1.51. The number of thioether (sulfide) groups is 2. The van der Waals surface area contributed by atoms with Gasteiger partial charge in [0.2, 0.25) is 11.5 Å². The normalized spacial score (nSPS) is 19.4. The van der Waals surface area contributed by atoms with Crippen LogP contribution in [0.25, 0.3) is 0 Å². The third-order valence-corrected chi connectivity index (χ3v) is 7.96. The van der Waals surface area contributed by atoms with Gasteiger partial charge in [0.1, 0.15) is 23.7 Å². The van der Waals surface area contributed by atoms with Crippen LogP contribution in [0.4, 0.5) is 5.13 Å². The highest BCUT2D eigenvalue weighted by molar-refractivity contribution is 8.01. The van der Waals surface area contributed by atoms with Crippen molar-refractivity contribution in [2.45, 2.75) is 23.5 Å². The van der Waals surface area contributed by atoms with E-state index < -0.39 is 40.6 Å². The standard InChI is InChI=1S/C18H19N9O7S3/c1-3-34-24-7(10-21-17(19)37-25-10)11(28)20-8-14(31)27-9(16(32)33)6(4-35-15(8)27)5-36-18-22-12(29)13(30)23-26(18)2/h8,15H,3-5H2,1-2H3,(H,20,28)(H,23,30)(H,32,33)(H2,19,21,25)/t8?,15-/m0/s1. The Morgan fingerprint density at radius 2 is 2.11 bits per heavy atom. The maximum Gasteiger partial charge on any atom is 0.352 e. The third-order valence-electron chi connectivity index (χ3n) is 4.98. The van der Waals surface area contributed by atoms with E-state index in [1.165, 1.54) is 23.5 Å². The predicted molar refractivity (Wildman–Crippen MR) is 132 cm³/mol. The highest BCUT2D eigenvalue weighted by Gasteiger charge is 2.54. The number of carboxylic acid groups (broad SMARTS) is 1. The number of carbonyl (C=O) groups excluding carboxylic acids is 2. The Kier molecular flexibility index (Phi) is 7.64. The maximum absolute atomic E-state index is 13.0. The van der Waals surface area contributed by atoms with Gasteiger partial charge >= 0.3 is 11.5 Å². The van der Waals surface area contributed by atoms with Gasteiger partial charge in [-0.2, -0.15) is 14.3 Å². The summed E-state index contributed by atoms with van der Waals surface area (Å²) in [6, 6.07) is -1.02. The zero-order valence-corrected chi connectivity index (χ0v) is 21.6. The molecule has 0 aromatic carbocycles. The molecule has 0 radical (unpaired) electrons. The van der Waals surface area contributed by atoms with E-state index >= 15 is 0 Å². The van der Waals surface area contributed by atoms with Gasteiger partial charge in [0, 0.05) is 30.1 Å². The van der Waals surface area contributed by atoms with E-state index in [0.29, 0.717) is 5.57 Å². The van der Waals surface area contributed by atoms with Crippen molar-refractivity contribution in [3.8, 4) is 5.88 Å². The molecule has 19 heteroatoms. The van der Waals surface area contributed by atoms with Gasteiger partial charge in [-0.25, -0.2) is 9.48 Å². The molecular weight excluding hydrogens is 550 g/mol. The molecule has 0 bridgehead atoms. The number of hydrogen-bond acceptors (Lipinski definition) is 15. The number of hydrogen-bond donors (Lipinski definition) is 4. The Morgan fingerprint density at radius 3 is 2.76 bits per heavy atom. The van der Waals surface area contributed by atoms with Gasteiger partial charge in [-0.3, -0.25) is 19.3 Å². The van der Waals surface area contributed by atoms with Crippen molar-refractivity contribution in [1.82, 2.24) is 34.3 Å². The quantitative estimate of drug-likeness (QED) is 0.118. The fraction of sp³-hybridized carbons (Fsp3) is 0.389. The van der Waals surface area contributed by atoms with Crippen LogP contribution >= 0.6 is 35.1 Å². The summed E-state index contributed by atoms with van der Waals surface area (Å²) >= 11 is 3.15. The lowest BCUT2D eigenvalue weighted by Gasteiger charge is -2.49. The van der Waals surface area contributed by atoms with Crippen LogP contribution in [0.1, 0.15) is 12.7 Å². The monoisotopic (exact) mass is 569 g/mol. The minimum Gasteiger partial charge on any atom is -0.488 e. The molecule has 2 aromatic rings. The molecule has 4 heterocycles. The predicted octanol–water partition coefficient (Wildman–Crippen LogP) is -1.41. The first kappa shape index (κ1) is 26.4. The second-order valence-corrected chi connectivity index (χ2v) is 10.2. The molecule has 5 N–H and O–H groups in total. The van der Waals surface area contributed by atoms with E-state index in [4.69, 9.17) is 10.6 Å². The number of aromatic nitrogens is 5. The lowest BCUT2D eigenvalue weighted by atomic mass is 10.0. The number of carboxylic acids is 1. The number of nitrogens with one attached hydrogen (secondary N) is 1. The summed E-state index contributed by atoms with van der Waals surface area (Å²) < 4.78 is 5.14. The van der Waals surface area contributed by atoms with Crippen LogP contribution in [-0.2, 0) is 26.3 Å². The third kappa shape index (κ3) is 5.23. The van der Waals surface area contributed by atoms with Gasteiger partial charge < -0.3 is 26.1 Å². The number of oxime groups is 1. The number of nitrogen functional groups attached to an aromatic ring is 1. The molecule has 1 unspecified atom stereocenters. The van der Waals surface area contributed by atoms with Crippen LogP contribution in [0, 0.1) is 0 Å². The van der Waals surface area contributed by atoms with Crippen molar-refractivity contribution in [1.29, 1.82) is 0 Å². The van der Waals surface area contributed by atoms with E-state index in [1.54, 1.807) is 6.92 Å². The number of rotatable bonds is 9. The summed E-state index contributed by atoms with van der Waals surface area (Å²) in [7, 11) is 1.47. The van der Waals surface area contributed by atoms with Crippen molar-refractivity contribution >= 4 is 63.7 Å². The number of aliphatic carboxylic acids is 1. The Bertz CT molecular complexity index is 1390. The number of aromatic hydroxyl groups is 1. The Labute approximate surface area is 220 Å². The molecular formula is C18H19N9O7S3. The topological polar surface area (TPSA) is 228 Å². The van der Waals surface area contributed by atoms with Crippen molar-refractivity contribution < 1.29 is 29.4 Å². The molecule has 196 valence electrons. The molecule has 16 nitrogen and oxygen atoms in total. The van der Waals surface area contributed by atoms with Crippen LogP contribution in [0.3, 0.4) is 0 Å². The van der Waals surface area contributed by atoms with Gasteiger partial charge in [0.25, 0.3) is 17.7 Å². The zero-order chi connectivity index (χ0) is 26.9. The number of β-lactam (4-membered cyclic amide) rings is 1. The van der Waals surface area contributed by atoms with Crippen LogP contribution < -0.4 is 16.6 Å². The molecule has 0 saturated carbocycles. The van der Waals surface area contributed by atoms with Gasteiger partial charge in [0.05, 0.1) is 0 Å². The maximum atomic E-state index is 13.0. The number of amides is 2. The average Bonchev–Trinajstić information content (AvgIpc) is 3.29. The van der Waals surface area contributed by atoms with E-state index in [1.807, 2.05) is 0 Å². The fourth-order valence-corrected chi connectivity index (χ4v) is 6.19. The first-order valence-corrected chi connectivity index (χ1v) is 13.2. The lowest BCUT2D eigenvalue weighted by molar-refractivity contribution is -0.150. The molecule has 2 amide bonds. The van der Waals surface area contributed by atoms with Crippen molar-refractivity contribution in [2.24, 2.45) is 12.2 Å². The number of carbonyl (C=O) groups is 3. The van der Waals surface area contributed by atoms with Crippen LogP contribution in [0.15, 0.2) is 26.4 Å². The zero-order valence-electron chi connectivity index (χ0n) is 19.1. The first-order chi connectivity index (χ1) is 17.6. The Morgan fingerprint density at radius 1 is 1.35 bits per heavy atom. The summed E-state index contributed by atoms with van der Waals surface area (Å²) in [4.78, 5) is 63.3. The molecule has 2 atom stereocenters. The van der Waals surface area contributed by atoms with Crippen molar-refractivity contribution in [3.05, 3.63) is 27.4 Å². The Hall–Kier alpha value is -3.71. The molecule has 2 aromatic heterocycles. The van der Waals surface area contributed by atoms with Crippen LogP contribution in [0.2, 0.25) is 0 Å².